The van der Waals surface area contributed by atoms with E-state index in [1.54, 1.807) is 12.1 Å². The zero-order valence-corrected chi connectivity index (χ0v) is 15.1. The molecule has 9 nitrogen and oxygen atoms in total. The van der Waals surface area contributed by atoms with Crippen molar-refractivity contribution in [2.24, 2.45) is 11.5 Å². The van der Waals surface area contributed by atoms with Crippen LogP contribution in [0.15, 0.2) is 33.5 Å². The molecule has 0 radical (unpaired) electrons. The van der Waals surface area contributed by atoms with Crippen molar-refractivity contribution in [3.8, 4) is 0 Å². The number of fused-ring (bicyclic) bond motifs is 1. The van der Waals surface area contributed by atoms with Gasteiger partial charge in [-0.2, -0.15) is 0 Å². The van der Waals surface area contributed by atoms with Crippen LogP contribution >= 0.6 is 12.4 Å². The van der Waals surface area contributed by atoms with E-state index >= 15 is 0 Å². The molecule has 9 N–H and O–H groups in total. The van der Waals surface area contributed by atoms with E-state index in [-0.39, 0.29) is 24.0 Å². The van der Waals surface area contributed by atoms with E-state index in [4.69, 9.17) is 32.1 Å². The van der Waals surface area contributed by atoms with Gasteiger partial charge in [-0.1, -0.05) is 0 Å². The summed E-state index contributed by atoms with van der Waals surface area (Å²) in [6.07, 6.45) is 0.975. The molecule has 0 aliphatic heterocycles. The molecule has 2 aromatic rings. The molecule has 0 fully saturated rings. The Bertz CT molecular complexity index is 809. The Morgan fingerprint density at radius 3 is 2.62 bits per heavy atom. The minimum Gasteiger partial charge on any atom is -0.480 e. The van der Waals surface area contributed by atoms with E-state index in [1.165, 1.54) is 6.07 Å². The Balaban J connectivity index is 0.000000466. The van der Waals surface area contributed by atoms with Gasteiger partial charge in [-0.15, -0.1) is 12.4 Å². The molecule has 26 heavy (non-hydrogen) atoms. The molecular weight excluding hydrogens is 362 g/mol. The quantitative estimate of drug-likeness (QED) is 0.143. The summed E-state index contributed by atoms with van der Waals surface area (Å²) in [4.78, 5) is 21.2. The number of benzene rings is 1. The molecule has 1 aromatic carbocycles. The predicted molar refractivity (Wildman–Crippen MR) is 104 cm³/mol. The van der Waals surface area contributed by atoms with Crippen LogP contribution in [0.3, 0.4) is 0 Å². The SMILES string of the molecule is Cc1cc(=O)oc2cc(N)ccc12.Cl.N=C(N)NCCCC(N)C(=O)O. The second kappa shape index (κ2) is 11.0. The lowest BCUT2D eigenvalue weighted by Gasteiger charge is -2.06. The van der Waals surface area contributed by atoms with E-state index in [0.717, 1.165) is 10.9 Å². The summed E-state index contributed by atoms with van der Waals surface area (Å²) in [5.74, 6) is -1.11. The van der Waals surface area contributed by atoms with Gasteiger partial charge in [0.2, 0.25) is 0 Å². The van der Waals surface area contributed by atoms with Crippen molar-refractivity contribution in [2.45, 2.75) is 25.8 Å². The molecular formula is C16H24ClN5O4. The minimum absolute atomic E-state index is 0. The Labute approximate surface area is 156 Å². The summed E-state index contributed by atoms with van der Waals surface area (Å²) in [5.41, 5.74) is 17.5. The number of carbonyl (C=O) groups is 1. The van der Waals surface area contributed by atoms with E-state index in [2.05, 4.69) is 5.32 Å². The third kappa shape index (κ3) is 7.86. The van der Waals surface area contributed by atoms with Gasteiger partial charge in [-0.05, 0) is 37.5 Å². The van der Waals surface area contributed by atoms with Gasteiger partial charge in [-0.25, -0.2) is 4.79 Å². The highest BCUT2D eigenvalue weighted by Gasteiger charge is 2.09. The van der Waals surface area contributed by atoms with Crippen molar-refractivity contribution in [3.63, 3.8) is 0 Å². The second-order valence-corrected chi connectivity index (χ2v) is 5.43. The number of nitrogens with one attached hydrogen (secondary N) is 2. The van der Waals surface area contributed by atoms with Crippen molar-refractivity contribution in [1.29, 1.82) is 5.41 Å². The van der Waals surface area contributed by atoms with Crippen LogP contribution in [0, 0.1) is 12.3 Å². The van der Waals surface area contributed by atoms with Crippen LogP contribution in [0.25, 0.3) is 11.0 Å². The lowest BCUT2D eigenvalue weighted by molar-refractivity contribution is -0.138. The molecule has 144 valence electrons. The Hall–Kier alpha value is -2.78. The summed E-state index contributed by atoms with van der Waals surface area (Å²) < 4.78 is 4.99. The topological polar surface area (TPSA) is 181 Å². The third-order valence-corrected chi connectivity index (χ3v) is 3.30. The first kappa shape index (κ1) is 23.2. The highest BCUT2D eigenvalue weighted by atomic mass is 35.5. The van der Waals surface area contributed by atoms with Crippen molar-refractivity contribution >= 4 is 41.0 Å². The monoisotopic (exact) mass is 385 g/mol. The Morgan fingerprint density at radius 2 is 2.04 bits per heavy atom. The smallest absolute Gasteiger partial charge is 0.336 e. The number of guanidine groups is 1. The number of carboxylic acids is 1. The van der Waals surface area contributed by atoms with E-state index in [0.29, 0.717) is 30.7 Å². The maximum absolute atomic E-state index is 11.0. The highest BCUT2D eigenvalue weighted by molar-refractivity contribution is 5.85. The minimum atomic E-state index is -1.00. The zero-order valence-electron chi connectivity index (χ0n) is 14.3. The van der Waals surface area contributed by atoms with Crippen LogP contribution in [0.1, 0.15) is 18.4 Å². The average Bonchev–Trinajstić information content (AvgIpc) is 2.50. The highest BCUT2D eigenvalue weighted by Crippen LogP contribution is 2.18. The summed E-state index contributed by atoms with van der Waals surface area (Å²) in [7, 11) is 0. The van der Waals surface area contributed by atoms with Gasteiger partial charge in [0, 0.05) is 29.8 Å². The summed E-state index contributed by atoms with van der Waals surface area (Å²) >= 11 is 0. The van der Waals surface area contributed by atoms with Crippen LogP contribution in [-0.4, -0.2) is 29.6 Å². The summed E-state index contributed by atoms with van der Waals surface area (Å²) in [6, 6.07) is 5.94. The van der Waals surface area contributed by atoms with Crippen molar-refractivity contribution in [2.75, 3.05) is 12.3 Å². The number of hydrogen-bond donors (Lipinski definition) is 6. The first-order valence-corrected chi connectivity index (χ1v) is 7.57. The molecule has 1 atom stereocenters. The number of nitrogen functional groups attached to an aromatic ring is 1. The number of hydrogen-bond acceptors (Lipinski definition) is 6. The molecule has 0 amide bonds. The Kier molecular flexibility index (Phi) is 9.78. The largest absolute Gasteiger partial charge is 0.480 e. The number of aryl methyl sites for hydroxylation is 1. The van der Waals surface area contributed by atoms with Gasteiger partial charge >= 0.3 is 11.6 Å². The molecule has 1 heterocycles. The van der Waals surface area contributed by atoms with Crippen molar-refractivity contribution < 1.29 is 14.3 Å². The lowest BCUT2D eigenvalue weighted by Crippen LogP contribution is -2.34. The van der Waals surface area contributed by atoms with Crippen LogP contribution in [0.4, 0.5) is 5.69 Å². The van der Waals surface area contributed by atoms with Gasteiger partial charge < -0.3 is 32.0 Å². The first-order chi connectivity index (χ1) is 11.7. The van der Waals surface area contributed by atoms with Crippen molar-refractivity contribution in [1.82, 2.24) is 5.32 Å². The fourth-order valence-electron chi connectivity index (χ4n) is 2.01. The third-order valence-electron chi connectivity index (χ3n) is 3.30. The summed E-state index contributed by atoms with van der Waals surface area (Å²) in [5, 5.41) is 18.6. The zero-order chi connectivity index (χ0) is 19.0. The molecule has 0 spiro atoms. The van der Waals surface area contributed by atoms with Crippen LogP contribution in [0.5, 0.6) is 0 Å². The fourth-order valence-corrected chi connectivity index (χ4v) is 2.01. The number of rotatable bonds is 5. The Morgan fingerprint density at radius 1 is 1.38 bits per heavy atom. The van der Waals surface area contributed by atoms with Crippen LogP contribution in [-0.2, 0) is 4.79 Å². The van der Waals surface area contributed by atoms with Gasteiger partial charge in [-0.3, -0.25) is 10.2 Å². The standard InChI is InChI=1S/C10H9NO2.C6H14N4O2.ClH/c1-6-4-10(12)13-9-5-7(11)2-3-8(6)9;7-4(5(11)12)2-1-3-10-6(8)9;/h2-5H,11H2,1H3;4H,1-3,7H2,(H,11,12)(H4,8,9,10);1H. The molecule has 0 saturated carbocycles. The molecule has 0 bridgehead atoms. The first-order valence-electron chi connectivity index (χ1n) is 7.57. The molecule has 0 saturated heterocycles. The normalized spacial score (nSPS) is 10.8. The number of carboxylic acid groups (broad SMARTS) is 1. The van der Waals surface area contributed by atoms with Gasteiger partial charge in [0.05, 0.1) is 0 Å². The van der Waals surface area contributed by atoms with Crippen molar-refractivity contribution in [3.05, 3.63) is 40.2 Å². The number of nitrogens with two attached hydrogens (primary N) is 3. The van der Waals surface area contributed by atoms with Gasteiger partial charge in [0.1, 0.15) is 11.6 Å². The maximum Gasteiger partial charge on any atom is 0.336 e. The summed E-state index contributed by atoms with van der Waals surface area (Å²) in [6.45, 7) is 2.35. The number of halogens is 1. The van der Waals surface area contributed by atoms with E-state index in [9.17, 15) is 9.59 Å². The molecule has 10 heteroatoms. The maximum atomic E-state index is 11.0. The van der Waals surface area contributed by atoms with Crippen LogP contribution < -0.4 is 28.1 Å². The molecule has 0 aliphatic rings. The second-order valence-electron chi connectivity index (χ2n) is 5.43. The average molecular weight is 386 g/mol. The van der Waals surface area contributed by atoms with E-state index < -0.39 is 12.0 Å². The fraction of sp³-hybridized carbons (Fsp3) is 0.312. The van der Waals surface area contributed by atoms with E-state index in [1.807, 2.05) is 13.0 Å². The molecule has 1 aromatic heterocycles. The molecule has 1 unspecified atom stereocenters. The molecule has 0 aliphatic carbocycles. The lowest BCUT2D eigenvalue weighted by atomic mass is 10.1. The predicted octanol–water partition coefficient (Wildman–Crippen LogP) is 0.767. The van der Waals surface area contributed by atoms with Gasteiger partial charge in [0.15, 0.2) is 5.96 Å². The van der Waals surface area contributed by atoms with Crippen LogP contribution in [0.2, 0.25) is 0 Å². The van der Waals surface area contributed by atoms with Gasteiger partial charge in [0.25, 0.3) is 0 Å². The number of anilines is 1. The number of aliphatic carboxylic acids is 1. The molecule has 2 rings (SSSR count).